The second kappa shape index (κ2) is 12.4. The largest absolute Gasteiger partial charge is 0.389 e. The Labute approximate surface area is 198 Å². The second-order valence-electron chi connectivity index (χ2n) is 8.72. The van der Waals surface area contributed by atoms with Gasteiger partial charge >= 0.3 is 0 Å². The number of unbranched alkanes of at least 4 members (excludes halogenated alkanes) is 1. The van der Waals surface area contributed by atoms with E-state index >= 15 is 0 Å². The van der Waals surface area contributed by atoms with E-state index in [9.17, 15) is 15.0 Å². The Kier molecular flexibility index (Phi) is 10.3. The molecule has 31 heavy (non-hydrogen) atoms. The Hall–Kier alpha value is -1.61. The van der Waals surface area contributed by atoms with Gasteiger partial charge in [0.25, 0.3) is 0 Å². The number of aryl methyl sites for hydroxylation is 1. The SMILES string of the molecule is CN(C)C(=O)C[C@]1(O)CCC[C@H](/C=C/C(O)CCCCc2ccc(N=[N+]=[N-])c(I)c2)C1. The third-order valence-electron chi connectivity index (χ3n) is 5.82. The number of azide groups is 1. The molecule has 7 nitrogen and oxygen atoms in total. The van der Waals surface area contributed by atoms with Crippen LogP contribution >= 0.6 is 22.6 Å². The van der Waals surface area contributed by atoms with E-state index in [2.05, 4.69) is 32.6 Å². The minimum atomic E-state index is -0.939. The van der Waals surface area contributed by atoms with Gasteiger partial charge in [-0.05, 0) is 90.6 Å². The first-order chi connectivity index (χ1) is 14.7. The average molecular weight is 540 g/mol. The summed E-state index contributed by atoms with van der Waals surface area (Å²) in [5.41, 5.74) is 9.45. The van der Waals surface area contributed by atoms with Crippen LogP contribution in [0.25, 0.3) is 10.4 Å². The maximum atomic E-state index is 12.0. The van der Waals surface area contributed by atoms with Gasteiger partial charge in [-0.15, -0.1) is 0 Å². The molecule has 2 rings (SSSR count). The summed E-state index contributed by atoms with van der Waals surface area (Å²) in [5, 5.41) is 24.8. The number of aliphatic hydroxyl groups is 2. The molecule has 0 radical (unpaired) electrons. The van der Waals surface area contributed by atoms with Crippen molar-refractivity contribution in [3.63, 3.8) is 0 Å². The number of rotatable bonds is 10. The molecule has 8 heteroatoms. The molecule has 0 aromatic heterocycles. The number of aliphatic hydroxyl groups excluding tert-OH is 1. The first kappa shape index (κ1) is 25.6. The predicted octanol–water partition coefficient (Wildman–Crippen LogP) is 5.26. The van der Waals surface area contributed by atoms with E-state index in [4.69, 9.17) is 5.53 Å². The molecule has 1 amide bonds. The fraction of sp³-hybridized carbons (Fsp3) is 0.609. The van der Waals surface area contributed by atoms with Crippen LogP contribution in [0.5, 0.6) is 0 Å². The van der Waals surface area contributed by atoms with Crippen LogP contribution in [0, 0.1) is 9.49 Å². The van der Waals surface area contributed by atoms with Crippen LogP contribution in [0.15, 0.2) is 35.5 Å². The number of halogens is 1. The standard InChI is InChI=1S/C23H33IN4O3/c1-28(2)22(30)16-23(31)13-5-7-18(15-23)9-11-19(29)8-4-3-6-17-10-12-21(26-27-25)20(24)14-17/h9-12,14,18-19,29,31H,3-8,13,15-16H2,1-2H3/b11-9+/t18-,19?,23+/m1/s1. The van der Waals surface area contributed by atoms with Crippen LogP contribution in [0.3, 0.4) is 0 Å². The van der Waals surface area contributed by atoms with Crippen molar-refractivity contribution < 1.29 is 15.0 Å². The van der Waals surface area contributed by atoms with Crippen molar-refractivity contribution in [3.05, 3.63) is 49.9 Å². The zero-order chi connectivity index (χ0) is 22.9. The van der Waals surface area contributed by atoms with Crippen LogP contribution in [0.4, 0.5) is 5.69 Å². The number of benzene rings is 1. The fourth-order valence-corrected chi connectivity index (χ4v) is 4.74. The van der Waals surface area contributed by atoms with Crippen molar-refractivity contribution in [3.8, 4) is 0 Å². The molecule has 1 unspecified atom stereocenters. The molecule has 3 atom stereocenters. The lowest BCUT2D eigenvalue weighted by atomic mass is 9.76. The van der Waals surface area contributed by atoms with Crippen LogP contribution in [-0.4, -0.2) is 46.8 Å². The Morgan fingerprint density at radius 3 is 2.90 bits per heavy atom. The van der Waals surface area contributed by atoms with Crippen LogP contribution in [0.1, 0.15) is 56.9 Å². The van der Waals surface area contributed by atoms with Crippen LogP contribution in [0.2, 0.25) is 0 Å². The lowest BCUT2D eigenvalue weighted by Gasteiger charge is -2.36. The molecule has 2 N–H and O–H groups in total. The third-order valence-corrected chi connectivity index (χ3v) is 6.69. The van der Waals surface area contributed by atoms with Crippen molar-refractivity contribution in [1.29, 1.82) is 0 Å². The maximum Gasteiger partial charge on any atom is 0.224 e. The Morgan fingerprint density at radius 1 is 1.45 bits per heavy atom. The molecule has 0 spiro atoms. The Bertz CT molecular complexity index is 823. The zero-order valence-electron chi connectivity index (χ0n) is 18.4. The summed E-state index contributed by atoms with van der Waals surface area (Å²) in [4.78, 5) is 16.3. The van der Waals surface area contributed by atoms with Crippen LogP contribution in [-0.2, 0) is 11.2 Å². The molecule has 0 bridgehead atoms. The number of carbonyl (C=O) groups is 1. The maximum absolute atomic E-state index is 12.0. The number of nitrogens with zero attached hydrogens (tertiary/aromatic N) is 4. The molecule has 0 heterocycles. The monoisotopic (exact) mass is 540 g/mol. The third kappa shape index (κ3) is 8.80. The summed E-state index contributed by atoms with van der Waals surface area (Å²) in [6.07, 6.45) is 10.1. The lowest BCUT2D eigenvalue weighted by Crippen LogP contribution is -2.40. The Morgan fingerprint density at radius 2 is 2.23 bits per heavy atom. The lowest BCUT2D eigenvalue weighted by molar-refractivity contribution is -0.135. The van der Waals surface area contributed by atoms with Gasteiger partial charge in [0.1, 0.15) is 0 Å². The van der Waals surface area contributed by atoms with Gasteiger partial charge in [0, 0.05) is 22.6 Å². The molecule has 1 fully saturated rings. The van der Waals surface area contributed by atoms with Crippen molar-refractivity contribution in [2.45, 2.75) is 69.5 Å². The van der Waals surface area contributed by atoms with Crippen molar-refractivity contribution >= 4 is 34.2 Å². The normalized spacial score (nSPS) is 22.2. The van der Waals surface area contributed by atoms with Gasteiger partial charge in [-0.1, -0.05) is 35.8 Å². The predicted molar refractivity (Wildman–Crippen MR) is 131 cm³/mol. The zero-order valence-corrected chi connectivity index (χ0v) is 20.5. The molecule has 1 aromatic rings. The van der Waals surface area contributed by atoms with Crippen molar-refractivity contribution in [1.82, 2.24) is 4.90 Å². The number of hydrogen-bond donors (Lipinski definition) is 2. The number of carbonyl (C=O) groups excluding carboxylic acids is 1. The molecule has 170 valence electrons. The van der Waals surface area contributed by atoms with E-state index in [-0.39, 0.29) is 18.2 Å². The summed E-state index contributed by atoms with van der Waals surface area (Å²) >= 11 is 2.17. The van der Waals surface area contributed by atoms with Gasteiger partial charge in [-0.25, -0.2) is 0 Å². The summed E-state index contributed by atoms with van der Waals surface area (Å²) in [7, 11) is 3.42. The van der Waals surface area contributed by atoms with Gasteiger partial charge < -0.3 is 15.1 Å². The number of hydrogen-bond acceptors (Lipinski definition) is 4. The Balaban J connectivity index is 1.74. The highest BCUT2D eigenvalue weighted by molar-refractivity contribution is 14.1. The molecule has 1 saturated carbocycles. The number of allylic oxidation sites excluding steroid dienone is 1. The van der Waals surface area contributed by atoms with Gasteiger partial charge in [-0.2, -0.15) is 0 Å². The van der Waals surface area contributed by atoms with E-state index in [0.717, 1.165) is 35.7 Å². The summed E-state index contributed by atoms with van der Waals surface area (Å²) in [5.74, 6) is 0.148. The minimum Gasteiger partial charge on any atom is -0.389 e. The molecule has 0 aliphatic heterocycles. The topological polar surface area (TPSA) is 110 Å². The molecule has 1 aromatic carbocycles. The molecule has 1 aliphatic rings. The van der Waals surface area contributed by atoms with E-state index in [1.165, 1.54) is 10.5 Å². The average Bonchev–Trinajstić information content (AvgIpc) is 2.71. The van der Waals surface area contributed by atoms with Gasteiger partial charge in [0.15, 0.2) is 0 Å². The summed E-state index contributed by atoms with van der Waals surface area (Å²) in [6, 6.07) is 5.85. The number of amides is 1. The fourth-order valence-electron chi connectivity index (χ4n) is 4.05. The summed E-state index contributed by atoms with van der Waals surface area (Å²) < 4.78 is 0.940. The van der Waals surface area contributed by atoms with E-state index < -0.39 is 11.7 Å². The molecular formula is C23H33IN4O3. The van der Waals surface area contributed by atoms with E-state index in [0.29, 0.717) is 24.9 Å². The van der Waals surface area contributed by atoms with E-state index in [1.54, 1.807) is 14.1 Å². The highest BCUT2D eigenvalue weighted by Crippen LogP contribution is 2.36. The van der Waals surface area contributed by atoms with E-state index in [1.807, 2.05) is 30.4 Å². The molecule has 1 aliphatic carbocycles. The smallest absolute Gasteiger partial charge is 0.224 e. The highest BCUT2D eigenvalue weighted by Gasteiger charge is 2.35. The highest BCUT2D eigenvalue weighted by atomic mass is 127. The molecular weight excluding hydrogens is 507 g/mol. The van der Waals surface area contributed by atoms with Crippen molar-refractivity contribution in [2.75, 3.05) is 14.1 Å². The molecule has 0 saturated heterocycles. The van der Waals surface area contributed by atoms with Gasteiger partial charge in [0.2, 0.25) is 5.91 Å². The quantitative estimate of drug-likeness (QED) is 0.105. The van der Waals surface area contributed by atoms with Crippen molar-refractivity contribution in [2.24, 2.45) is 11.0 Å². The van der Waals surface area contributed by atoms with Gasteiger partial charge in [-0.3, -0.25) is 4.79 Å². The van der Waals surface area contributed by atoms with Gasteiger partial charge in [0.05, 0.1) is 23.8 Å². The second-order valence-corrected chi connectivity index (χ2v) is 9.88. The first-order valence-corrected chi connectivity index (χ1v) is 11.9. The first-order valence-electron chi connectivity index (χ1n) is 10.8. The minimum absolute atomic E-state index is 0.0470. The van der Waals surface area contributed by atoms with Crippen LogP contribution < -0.4 is 0 Å². The summed E-state index contributed by atoms with van der Waals surface area (Å²) in [6.45, 7) is 0.